The largest absolute Gasteiger partial charge is 0.316 e. The summed E-state index contributed by atoms with van der Waals surface area (Å²) < 4.78 is 0. The highest BCUT2D eigenvalue weighted by Gasteiger charge is 2.11. The van der Waals surface area contributed by atoms with E-state index >= 15 is 0 Å². The molecule has 1 rings (SSSR count). The molecule has 0 bridgehead atoms. The molecule has 1 atom stereocenters. The molecule has 0 aliphatic rings. The molecule has 1 unspecified atom stereocenters. The summed E-state index contributed by atoms with van der Waals surface area (Å²) in [6.45, 7) is 6.65. The first kappa shape index (κ1) is 16.5. The Labute approximate surface area is 123 Å². The van der Waals surface area contributed by atoms with Gasteiger partial charge in [-0.2, -0.15) is 0 Å². The van der Waals surface area contributed by atoms with Gasteiger partial charge in [0.2, 0.25) is 0 Å². The van der Waals surface area contributed by atoms with Gasteiger partial charge in [0.1, 0.15) is 0 Å². The van der Waals surface area contributed by atoms with Crippen LogP contribution in [-0.2, 0) is 0 Å². The fourth-order valence-electron chi connectivity index (χ4n) is 2.42. The summed E-state index contributed by atoms with van der Waals surface area (Å²) in [6.07, 6.45) is 7.77. The molecule has 0 heterocycles. The molecule has 2 heteroatoms. The van der Waals surface area contributed by atoms with E-state index in [-0.39, 0.29) is 0 Å². The Morgan fingerprint density at radius 2 is 1.95 bits per heavy atom. The molecule has 1 nitrogen and oxygen atoms in total. The predicted molar refractivity (Wildman–Crippen MR) is 86.1 cm³/mol. The van der Waals surface area contributed by atoms with Crippen molar-refractivity contribution in [2.45, 2.75) is 58.3 Å². The molecule has 0 saturated carbocycles. The number of nitrogens with one attached hydrogen (secondary N) is 1. The zero-order valence-corrected chi connectivity index (χ0v) is 13.2. The highest BCUT2D eigenvalue weighted by Crippen LogP contribution is 2.24. The molecular weight excluding hydrogens is 254 g/mol. The third-order valence-electron chi connectivity index (χ3n) is 3.54. The van der Waals surface area contributed by atoms with Crippen molar-refractivity contribution in [3.05, 3.63) is 34.9 Å². The molecule has 1 aromatic rings. The van der Waals surface area contributed by atoms with Crippen molar-refractivity contribution < 1.29 is 0 Å². The van der Waals surface area contributed by atoms with Crippen molar-refractivity contribution in [3.63, 3.8) is 0 Å². The van der Waals surface area contributed by atoms with Crippen molar-refractivity contribution in [3.8, 4) is 0 Å². The molecule has 1 N–H and O–H groups in total. The zero-order chi connectivity index (χ0) is 13.9. The van der Waals surface area contributed by atoms with Gasteiger partial charge in [0.05, 0.1) is 0 Å². The summed E-state index contributed by atoms with van der Waals surface area (Å²) in [5.41, 5.74) is 1.38. The van der Waals surface area contributed by atoms with Gasteiger partial charge in [-0.3, -0.25) is 0 Å². The van der Waals surface area contributed by atoms with E-state index in [1.54, 1.807) is 0 Å². The fraction of sp³-hybridized carbons (Fsp3) is 0.647. The quantitative estimate of drug-likeness (QED) is 0.567. The first-order chi connectivity index (χ1) is 9.27. The molecule has 0 saturated heterocycles. The van der Waals surface area contributed by atoms with Gasteiger partial charge in [-0.05, 0) is 43.0 Å². The molecule has 0 spiro atoms. The van der Waals surface area contributed by atoms with Crippen LogP contribution in [0.4, 0.5) is 0 Å². The first-order valence-corrected chi connectivity index (χ1v) is 8.11. The molecule has 0 amide bonds. The van der Waals surface area contributed by atoms with E-state index < -0.39 is 0 Å². The molecular formula is C17H28ClN. The Kier molecular flexibility index (Phi) is 8.94. The first-order valence-electron chi connectivity index (χ1n) is 7.74. The highest BCUT2D eigenvalue weighted by molar-refractivity contribution is 6.30. The van der Waals surface area contributed by atoms with E-state index in [9.17, 15) is 0 Å². The molecule has 0 fully saturated rings. The average Bonchev–Trinajstić information content (AvgIpc) is 2.41. The normalized spacial score (nSPS) is 12.6. The van der Waals surface area contributed by atoms with Gasteiger partial charge in [-0.15, -0.1) is 0 Å². The lowest BCUT2D eigenvalue weighted by atomic mass is 9.93. The summed E-state index contributed by atoms with van der Waals surface area (Å²) in [6, 6.07) is 8.36. The van der Waals surface area contributed by atoms with Crippen LogP contribution in [-0.4, -0.2) is 13.1 Å². The summed E-state index contributed by atoms with van der Waals surface area (Å²) in [5, 5.41) is 4.40. The van der Waals surface area contributed by atoms with Crippen LogP contribution >= 0.6 is 11.6 Å². The number of hydrogen-bond donors (Lipinski definition) is 1. The highest BCUT2D eigenvalue weighted by atomic mass is 35.5. The second kappa shape index (κ2) is 10.3. The standard InChI is InChI=1S/C17H28ClN/c1-3-5-6-7-9-16(14-19-12-4-2)15-10-8-11-17(18)13-15/h8,10-11,13,16,19H,3-7,9,12,14H2,1-2H3. The van der Waals surface area contributed by atoms with Crippen molar-refractivity contribution in [2.24, 2.45) is 0 Å². The Bertz CT molecular complexity index is 338. The van der Waals surface area contributed by atoms with E-state index in [1.165, 1.54) is 44.1 Å². The molecule has 0 aromatic heterocycles. The minimum atomic E-state index is 0.599. The van der Waals surface area contributed by atoms with Gasteiger partial charge in [-0.1, -0.05) is 63.3 Å². The van der Waals surface area contributed by atoms with Crippen LogP contribution in [0.2, 0.25) is 5.02 Å². The zero-order valence-electron chi connectivity index (χ0n) is 12.4. The van der Waals surface area contributed by atoms with E-state index in [2.05, 4.69) is 37.4 Å². The van der Waals surface area contributed by atoms with Crippen molar-refractivity contribution in [2.75, 3.05) is 13.1 Å². The van der Waals surface area contributed by atoms with Gasteiger partial charge >= 0.3 is 0 Å². The van der Waals surface area contributed by atoms with Crippen LogP contribution in [0.3, 0.4) is 0 Å². The number of hydrogen-bond acceptors (Lipinski definition) is 1. The summed E-state index contributed by atoms with van der Waals surface area (Å²) >= 11 is 6.11. The van der Waals surface area contributed by atoms with Crippen LogP contribution in [0.1, 0.15) is 63.9 Å². The summed E-state index contributed by atoms with van der Waals surface area (Å²) in [4.78, 5) is 0. The van der Waals surface area contributed by atoms with Crippen molar-refractivity contribution in [1.29, 1.82) is 0 Å². The molecule has 0 radical (unpaired) electrons. The maximum atomic E-state index is 6.11. The fourth-order valence-corrected chi connectivity index (χ4v) is 2.62. The Morgan fingerprint density at radius 1 is 1.11 bits per heavy atom. The van der Waals surface area contributed by atoms with Crippen LogP contribution in [0.15, 0.2) is 24.3 Å². The Hall–Kier alpha value is -0.530. The molecule has 0 aliphatic carbocycles. The monoisotopic (exact) mass is 281 g/mol. The molecule has 1 aromatic carbocycles. The van der Waals surface area contributed by atoms with E-state index in [0.29, 0.717) is 5.92 Å². The smallest absolute Gasteiger partial charge is 0.0408 e. The number of halogens is 1. The third kappa shape index (κ3) is 6.98. The van der Waals surface area contributed by atoms with Gasteiger partial charge in [0.25, 0.3) is 0 Å². The van der Waals surface area contributed by atoms with Crippen LogP contribution < -0.4 is 5.32 Å². The minimum absolute atomic E-state index is 0.599. The molecule has 19 heavy (non-hydrogen) atoms. The Morgan fingerprint density at radius 3 is 2.63 bits per heavy atom. The second-order valence-electron chi connectivity index (χ2n) is 5.31. The third-order valence-corrected chi connectivity index (χ3v) is 3.78. The summed E-state index contributed by atoms with van der Waals surface area (Å²) in [7, 11) is 0. The number of benzene rings is 1. The lowest BCUT2D eigenvalue weighted by Crippen LogP contribution is -2.22. The second-order valence-corrected chi connectivity index (χ2v) is 5.74. The van der Waals surface area contributed by atoms with Gasteiger partial charge in [0.15, 0.2) is 0 Å². The lowest BCUT2D eigenvalue weighted by Gasteiger charge is -2.18. The predicted octanol–water partition coefficient (Wildman–Crippen LogP) is 5.39. The van der Waals surface area contributed by atoms with Crippen molar-refractivity contribution >= 4 is 11.6 Å². The van der Waals surface area contributed by atoms with Crippen LogP contribution in [0.25, 0.3) is 0 Å². The SMILES string of the molecule is CCCCCCC(CNCCC)c1cccc(Cl)c1. The topological polar surface area (TPSA) is 12.0 Å². The van der Waals surface area contributed by atoms with Crippen molar-refractivity contribution in [1.82, 2.24) is 5.32 Å². The maximum absolute atomic E-state index is 6.11. The molecule has 108 valence electrons. The van der Waals surface area contributed by atoms with Gasteiger partial charge < -0.3 is 5.32 Å². The number of rotatable bonds is 10. The lowest BCUT2D eigenvalue weighted by molar-refractivity contribution is 0.513. The van der Waals surface area contributed by atoms with Crippen LogP contribution in [0, 0.1) is 0 Å². The van der Waals surface area contributed by atoms with Crippen LogP contribution in [0.5, 0.6) is 0 Å². The average molecular weight is 282 g/mol. The minimum Gasteiger partial charge on any atom is -0.316 e. The number of unbranched alkanes of at least 4 members (excludes halogenated alkanes) is 3. The van der Waals surface area contributed by atoms with E-state index in [4.69, 9.17) is 11.6 Å². The Balaban J connectivity index is 2.52. The maximum Gasteiger partial charge on any atom is 0.0408 e. The van der Waals surface area contributed by atoms with E-state index in [0.717, 1.165) is 18.1 Å². The van der Waals surface area contributed by atoms with Gasteiger partial charge in [0, 0.05) is 11.6 Å². The summed E-state index contributed by atoms with van der Waals surface area (Å²) in [5.74, 6) is 0.599. The molecule has 0 aliphatic heterocycles. The van der Waals surface area contributed by atoms with Gasteiger partial charge in [-0.25, -0.2) is 0 Å². The van der Waals surface area contributed by atoms with E-state index in [1.807, 2.05) is 6.07 Å².